The van der Waals surface area contributed by atoms with Crippen LogP contribution >= 0.6 is 0 Å². The van der Waals surface area contributed by atoms with Crippen molar-refractivity contribution in [3.05, 3.63) is 265 Å². The summed E-state index contributed by atoms with van der Waals surface area (Å²) in [5.41, 5.74) is 24.7. The topological polar surface area (TPSA) is 27.7 Å². The molecule has 4 heteroatoms. The number of pyridine rings is 1. The highest BCUT2D eigenvalue weighted by atomic mass is 15.0. The summed E-state index contributed by atoms with van der Waals surface area (Å²) in [6.45, 7) is 9.57. The lowest BCUT2D eigenvalue weighted by atomic mass is 9.74. The Labute approximate surface area is 458 Å². The molecule has 10 aromatic carbocycles. The van der Waals surface area contributed by atoms with Gasteiger partial charge in [-0.1, -0.05) is 173 Å². The van der Waals surface area contributed by atoms with Crippen molar-refractivity contribution in [1.29, 1.82) is 0 Å². The molecule has 3 aliphatic carbocycles. The highest BCUT2D eigenvalue weighted by Crippen LogP contribution is 2.55. The van der Waals surface area contributed by atoms with E-state index in [0.717, 1.165) is 27.6 Å². The van der Waals surface area contributed by atoms with Crippen molar-refractivity contribution in [2.24, 2.45) is 5.92 Å². The largest absolute Gasteiger partial charge is 0.310 e. The van der Waals surface area contributed by atoms with Gasteiger partial charge in [0.1, 0.15) is 0 Å². The molecule has 0 aliphatic heterocycles. The summed E-state index contributed by atoms with van der Waals surface area (Å²) in [7, 11) is 0. The highest BCUT2D eigenvalue weighted by molar-refractivity contribution is 6.15. The second-order valence-corrected chi connectivity index (χ2v) is 23.6. The fraction of sp³-hybridized carbons (Fsp3) is 0.107. The van der Waals surface area contributed by atoms with E-state index in [-0.39, 0.29) is 10.8 Å². The van der Waals surface area contributed by atoms with Crippen molar-refractivity contribution in [2.75, 3.05) is 0 Å². The van der Waals surface area contributed by atoms with E-state index in [4.69, 9.17) is 4.98 Å². The molecule has 4 heterocycles. The van der Waals surface area contributed by atoms with Crippen molar-refractivity contribution in [3.8, 4) is 44.8 Å². The lowest BCUT2D eigenvalue weighted by molar-refractivity contribution is 0.394. The third-order valence-electron chi connectivity index (χ3n) is 18.8. The number of fused-ring (bicyclic) bond motifs is 16. The van der Waals surface area contributed by atoms with Gasteiger partial charge in [0.2, 0.25) is 0 Å². The molecular formula is C75H54N4. The Bertz CT molecular complexity index is 5040. The first-order valence-corrected chi connectivity index (χ1v) is 27.9. The van der Waals surface area contributed by atoms with Crippen molar-refractivity contribution in [1.82, 2.24) is 18.7 Å². The highest BCUT2D eigenvalue weighted by Gasteiger charge is 2.45. The second-order valence-electron chi connectivity index (χ2n) is 23.6. The van der Waals surface area contributed by atoms with Crippen molar-refractivity contribution in [2.45, 2.75) is 44.4 Å². The van der Waals surface area contributed by atoms with Crippen molar-refractivity contribution >= 4 is 82.0 Å². The number of para-hydroxylation sites is 3. The lowest BCUT2D eigenvalue weighted by Crippen LogP contribution is -2.25. The minimum absolute atomic E-state index is 0.0293. The monoisotopic (exact) mass is 1010 g/mol. The first kappa shape index (κ1) is 44.6. The van der Waals surface area contributed by atoms with E-state index in [0.29, 0.717) is 11.8 Å². The predicted octanol–water partition coefficient (Wildman–Crippen LogP) is 19.3. The second kappa shape index (κ2) is 16.0. The number of hydrogen-bond donors (Lipinski definition) is 0. The summed E-state index contributed by atoms with van der Waals surface area (Å²) in [6, 6.07) is 81.8. The number of rotatable bonds is 5. The first-order valence-electron chi connectivity index (χ1n) is 27.9. The molecule has 79 heavy (non-hydrogen) atoms. The van der Waals surface area contributed by atoms with E-state index in [1.54, 1.807) is 0 Å². The summed E-state index contributed by atoms with van der Waals surface area (Å²) in [4.78, 5) is 4.98. The summed E-state index contributed by atoms with van der Waals surface area (Å²) in [6.07, 6.45) is 9.41. The van der Waals surface area contributed by atoms with Crippen LogP contribution in [0.15, 0.2) is 243 Å². The normalized spacial score (nSPS) is 16.8. The standard InChI is InChI=1S/C75H54N4/c1-74(2)63-20-10-6-16-53(63)55-31-29-50(42-65(55)74)77-68-23-13-8-18-57(68)59-38-45(25-33-70(59)77)47-27-35-72-61(40-47)62-41-48(28-36-73(62)79(72)52-37-49-15-5-12-22-67(49)76-44-52)46-26-34-71-60(39-46)58-19-9-14-24-69(58)78(71)51-30-32-56-54-17-7-11-21-64(54)75(3,4)66(56)43-51/h5-44,55,65H,1-4H3. The van der Waals surface area contributed by atoms with Gasteiger partial charge in [-0.2, -0.15) is 0 Å². The number of nitrogens with zero attached hydrogens (tertiary/aromatic N) is 4. The van der Waals surface area contributed by atoms with Crippen LogP contribution in [0.1, 0.15) is 55.9 Å². The lowest BCUT2D eigenvalue weighted by Gasteiger charge is -2.31. The Kier molecular flexibility index (Phi) is 9.05. The molecule has 0 amide bonds. The third-order valence-corrected chi connectivity index (χ3v) is 18.8. The summed E-state index contributed by atoms with van der Waals surface area (Å²) in [5.74, 6) is 0.757. The molecule has 4 aromatic heterocycles. The van der Waals surface area contributed by atoms with E-state index < -0.39 is 0 Å². The molecule has 0 radical (unpaired) electrons. The third kappa shape index (κ3) is 6.23. The van der Waals surface area contributed by atoms with Crippen LogP contribution < -0.4 is 0 Å². The fourth-order valence-electron chi connectivity index (χ4n) is 14.9. The molecule has 0 saturated carbocycles. The summed E-state index contributed by atoms with van der Waals surface area (Å²) >= 11 is 0. The van der Waals surface area contributed by atoms with Crippen LogP contribution in [0.3, 0.4) is 0 Å². The van der Waals surface area contributed by atoms with Gasteiger partial charge in [0.25, 0.3) is 0 Å². The van der Waals surface area contributed by atoms with Gasteiger partial charge in [-0.05, 0) is 158 Å². The SMILES string of the molecule is CC1(C)c2ccccc2-c2ccc(-n3c4ccccc4c4cc(-c5ccc6c(c5)c5cc(-c7ccc8c(c7)c7ccccc7n8C7=CC8C(C=C7)c7ccccc7C8(C)C)ccc5n6-c5cnc6ccccc6c5)ccc43)cc21. The van der Waals surface area contributed by atoms with Crippen LogP contribution in [-0.4, -0.2) is 18.7 Å². The summed E-state index contributed by atoms with van der Waals surface area (Å²) < 4.78 is 7.37. The van der Waals surface area contributed by atoms with E-state index in [1.165, 1.54) is 121 Å². The molecular weight excluding hydrogens is 957 g/mol. The molecule has 3 aliphatic rings. The maximum Gasteiger partial charge on any atom is 0.0703 e. The van der Waals surface area contributed by atoms with Gasteiger partial charge in [-0.3, -0.25) is 4.98 Å². The number of benzene rings is 10. The molecule has 0 saturated heterocycles. The zero-order chi connectivity index (χ0) is 52.5. The van der Waals surface area contributed by atoms with Gasteiger partial charge >= 0.3 is 0 Å². The molecule has 4 nitrogen and oxygen atoms in total. The average molecular weight is 1010 g/mol. The number of allylic oxidation sites excluding steroid dienone is 4. The van der Waals surface area contributed by atoms with E-state index in [1.807, 2.05) is 6.20 Å². The van der Waals surface area contributed by atoms with E-state index in [2.05, 4.69) is 278 Å². The van der Waals surface area contributed by atoms with Gasteiger partial charge in [-0.15, -0.1) is 0 Å². The quantitative estimate of drug-likeness (QED) is 0.169. The van der Waals surface area contributed by atoms with Gasteiger partial charge in [0.15, 0.2) is 0 Å². The zero-order valence-corrected chi connectivity index (χ0v) is 44.5. The molecule has 2 unspecified atom stereocenters. The van der Waals surface area contributed by atoms with Crippen molar-refractivity contribution < 1.29 is 0 Å². The maximum atomic E-state index is 4.98. The molecule has 17 rings (SSSR count). The van der Waals surface area contributed by atoms with Gasteiger partial charge in [0.05, 0.1) is 50.5 Å². The predicted molar refractivity (Wildman–Crippen MR) is 331 cm³/mol. The Morgan fingerprint density at radius 1 is 0.392 bits per heavy atom. The van der Waals surface area contributed by atoms with Crippen LogP contribution in [0.5, 0.6) is 0 Å². The Hall–Kier alpha value is -9.51. The number of aromatic nitrogens is 4. The molecule has 0 spiro atoms. The smallest absolute Gasteiger partial charge is 0.0703 e. The Balaban J connectivity index is 0.810. The van der Waals surface area contributed by atoms with Crippen LogP contribution in [0.25, 0.3) is 127 Å². The van der Waals surface area contributed by atoms with Gasteiger partial charge in [-0.25, -0.2) is 0 Å². The fourth-order valence-corrected chi connectivity index (χ4v) is 14.9. The molecule has 2 atom stereocenters. The Morgan fingerprint density at radius 3 is 1.57 bits per heavy atom. The van der Waals surface area contributed by atoms with Crippen LogP contribution in [0.2, 0.25) is 0 Å². The molecule has 0 N–H and O–H groups in total. The van der Waals surface area contributed by atoms with E-state index >= 15 is 0 Å². The van der Waals surface area contributed by atoms with Crippen LogP contribution in [0, 0.1) is 5.92 Å². The molecule has 0 bridgehead atoms. The Morgan fingerprint density at radius 2 is 0.899 bits per heavy atom. The zero-order valence-electron chi connectivity index (χ0n) is 44.5. The van der Waals surface area contributed by atoms with Crippen LogP contribution in [-0.2, 0) is 10.8 Å². The first-order chi connectivity index (χ1) is 38.7. The van der Waals surface area contributed by atoms with Gasteiger partial charge in [0, 0.05) is 60.4 Å². The number of hydrogen-bond acceptors (Lipinski definition) is 1. The molecule has 14 aromatic rings. The summed E-state index contributed by atoms with van der Waals surface area (Å²) in [5, 5.41) is 8.54. The maximum absolute atomic E-state index is 4.98. The average Bonchev–Trinajstić information content (AvgIpc) is 4.32. The minimum atomic E-state index is -0.0899. The van der Waals surface area contributed by atoms with Crippen molar-refractivity contribution in [3.63, 3.8) is 0 Å². The molecule has 374 valence electrons. The van der Waals surface area contributed by atoms with E-state index in [9.17, 15) is 0 Å². The van der Waals surface area contributed by atoms with Gasteiger partial charge < -0.3 is 13.7 Å². The minimum Gasteiger partial charge on any atom is -0.310 e. The molecule has 0 fully saturated rings. The van der Waals surface area contributed by atoms with Crippen LogP contribution in [0.4, 0.5) is 0 Å².